The first-order valence-electron chi connectivity index (χ1n) is 5.31. The van der Waals surface area contributed by atoms with Crippen molar-refractivity contribution in [2.75, 3.05) is 26.7 Å². The van der Waals surface area contributed by atoms with Crippen molar-refractivity contribution in [2.45, 2.75) is 39.2 Å². The summed E-state index contributed by atoms with van der Waals surface area (Å²) in [6.45, 7) is 10.2. The molecule has 0 N–H and O–H groups in total. The molecule has 2 heteroatoms. The molecular formula is C11H23NO. The fourth-order valence-electron chi connectivity index (χ4n) is 1.82. The number of likely N-dealkylation sites (tertiary alicyclic amines) is 1. The van der Waals surface area contributed by atoms with Crippen LogP contribution in [0.3, 0.4) is 0 Å². The van der Waals surface area contributed by atoms with Gasteiger partial charge >= 0.3 is 0 Å². The number of hydrogen-bond acceptors (Lipinski definition) is 2. The minimum Gasteiger partial charge on any atom is -0.377 e. The van der Waals surface area contributed by atoms with Crippen LogP contribution in [0.2, 0.25) is 0 Å². The first-order chi connectivity index (χ1) is 6.03. The minimum absolute atomic E-state index is 0.0145. The van der Waals surface area contributed by atoms with Crippen LogP contribution >= 0.6 is 0 Å². The molecule has 78 valence electrons. The number of methoxy groups -OCH3 is 1. The molecular weight excluding hydrogens is 162 g/mol. The third-order valence-corrected chi connectivity index (χ3v) is 3.03. The molecule has 0 aromatic heterocycles. The Kier molecular flexibility index (Phi) is 3.74. The quantitative estimate of drug-likeness (QED) is 0.668. The molecule has 1 saturated heterocycles. The zero-order valence-electron chi connectivity index (χ0n) is 9.47. The van der Waals surface area contributed by atoms with Gasteiger partial charge < -0.3 is 9.64 Å². The van der Waals surface area contributed by atoms with Gasteiger partial charge in [0.05, 0.1) is 5.60 Å². The van der Waals surface area contributed by atoms with Crippen molar-refractivity contribution in [2.24, 2.45) is 5.92 Å². The van der Waals surface area contributed by atoms with E-state index in [1.54, 1.807) is 7.11 Å². The van der Waals surface area contributed by atoms with Gasteiger partial charge in [-0.1, -0.05) is 6.92 Å². The highest BCUT2D eigenvalue weighted by molar-refractivity contribution is 4.77. The standard InChI is InChI=1S/C11H23NO/c1-10-5-7-12(8-6-10)9-11(2,3)13-4/h10H,5-9H2,1-4H3. The van der Waals surface area contributed by atoms with Gasteiger partial charge in [0.1, 0.15) is 0 Å². The van der Waals surface area contributed by atoms with Crippen LogP contribution in [0.1, 0.15) is 33.6 Å². The van der Waals surface area contributed by atoms with Crippen molar-refractivity contribution in [1.29, 1.82) is 0 Å². The maximum atomic E-state index is 5.43. The third-order valence-electron chi connectivity index (χ3n) is 3.03. The van der Waals surface area contributed by atoms with Crippen LogP contribution < -0.4 is 0 Å². The van der Waals surface area contributed by atoms with Crippen molar-refractivity contribution in [1.82, 2.24) is 4.90 Å². The maximum absolute atomic E-state index is 5.43. The lowest BCUT2D eigenvalue weighted by Gasteiger charge is -2.35. The van der Waals surface area contributed by atoms with Gasteiger partial charge in [-0.05, 0) is 45.7 Å². The summed E-state index contributed by atoms with van der Waals surface area (Å²) in [7, 11) is 1.80. The van der Waals surface area contributed by atoms with Crippen molar-refractivity contribution in [3.8, 4) is 0 Å². The number of hydrogen-bond donors (Lipinski definition) is 0. The third kappa shape index (κ3) is 3.65. The minimum atomic E-state index is 0.0145. The van der Waals surface area contributed by atoms with Gasteiger partial charge in [-0.3, -0.25) is 0 Å². The Morgan fingerprint density at radius 3 is 2.31 bits per heavy atom. The molecule has 0 bridgehead atoms. The van der Waals surface area contributed by atoms with Crippen LogP contribution in [-0.2, 0) is 4.74 Å². The van der Waals surface area contributed by atoms with E-state index in [1.807, 2.05) is 0 Å². The summed E-state index contributed by atoms with van der Waals surface area (Å²) in [4.78, 5) is 2.52. The Morgan fingerprint density at radius 2 is 1.85 bits per heavy atom. The Bertz CT molecular complexity index is 148. The van der Waals surface area contributed by atoms with E-state index in [4.69, 9.17) is 4.74 Å². The summed E-state index contributed by atoms with van der Waals surface area (Å²) in [6, 6.07) is 0. The van der Waals surface area contributed by atoms with Gasteiger partial charge in [0, 0.05) is 13.7 Å². The van der Waals surface area contributed by atoms with E-state index in [-0.39, 0.29) is 5.60 Å². The average molecular weight is 185 g/mol. The zero-order valence-corrected chi connectivity index (χ0v) is 9.47. The Balaban J connectivity index is 2.30. The molecule has 1 heterocycles. The van der Waals surface area contributed by atoms with Gasteiger partial charge in [-0.25, -0.2) is 0 Å². The fourth-order valence-corrected chi connectivity index (χ4v) is 1.82. The molecule has 2 nitrogen and oxygen atoms in total. The predicted molar refractivity (Wildman–Crippen MR) is 55.9 cm³/mol. The second kappa shape index (κ2) is 4.43. The Hall–Kier alpha value is -0.0800. The molecule has 0 amide bonds. The molecule has 0 unspecified atom stereocenters. The highest BCUT2D eigenvalue weighted by Crippen LogP contribution is 2.19. The normalized spacial score (nSPS) is 22.2. The van der Waals surface area contributed by atoms with Crippen LogP contribution in [0.5, 0.6) is 0 Å². The number of piperidine rings is 1. The van der Waals surface area contributed by atoms with Crippen LogP contribution in [0, 0.1) is 5.92 Å². The molecule has 1 fully saturated rings. The lowest BCUT2D eigenvalue weighted by molar-refractivity contribution is -0.0140. The molecule has 0 saturated carbocycles. The maximum Gasteiger partial charge on any atom is 0.0749 e. The van der Waals surface area contributed by atoms with Crippen LogP contribution in [0.15, 0.2) is 0 Å². The smallest absolute Gasteiger partial charge is 0.0749 e. The summed E-state index contributed by atoms with van der Waals surface area (Å²) in [5, 5.41) is 0. The monoisotopic (exact) mass is 185 g/mol. The van der Waals surface area contributed by atoms with Gasteiger partial charge in [0.15, 0.2) is 0 Å². The molecule has 0 atom stereocenters. The Labute approximate surface area is 82.3 Å². The molecule has 0 aliphatic carbocycles. The molecule has 1 rings (SSSR count). The van der Waals surface area contributed by atoms with E-state index >= 15 is 0 Å². The fraction of sp³-hybridized carbons (Fsp3) is 1.00. The van der Waals surface area contributed by atoms with Gasteiger partial charge in [0.25, 0.3) is 0 Å². The Morgan fingerprint density at radius 1 is 1.31 bits per heavy atom. The van der Waals surface area contributed by atoms with E-state index in [2.05, 4.69) is 25.7 Å². The first-order valence-corrected chi connectivity index (χ1v) is 5.31. The van der Waals surface area contributed by atoms with Gasteiger partial charge in [-0.2, -0.15) is 0 Å². The number of rotatable bonds is 3. The van der Waals surface area contributed by atoms with E-state index < -0.39 is 0 Å². The molecule has 0 aromatic rings. The number of nitrogens with zero attached hydrogens (tertiary/aromatic N) is 1. The summed E-state index contributed by atoms with van der Waals surface area (Å²) in [5.74, 6) is 0.918. The van der Waals surface area contributed by atoms with E-state index in [1.165, 1.54) is 25.9 Å². The van der Waals surface area contributed by atoms with Gasteiger partial charge in [0.2, 0.25) is 0 Å². The molecule has 0 aromatic carbocycles. The second-order valence-electron chi connectivity index (χ2n) is 4.92. The van der Waals surface area contributed by atoms with Crippen LogP contribution in [0.25, 0.3) is 0 Å². The van der Waals surface area contributed by atoms with Crippen molar-refractivity contribution in [3.05, 3.63) is 0 Å². The van der Waals surface area contributed by atoms with Crippen molar-refractivity contribution >= 4 is 0 Å². The largest absolute Gasteiger partial charge is 0.377 e. The topological polar surface area (TPSA) is 12.5 Å². The average Bonchev–Trinajstić information content (AvgIpc) is 2.09. The number of ether oxygens (including phenoxy) is 1. The molecule has 13 heavy (non-hydrogen) atoms. The molecule has 0 radical (unpaired) electrons. The highest BCUT2D eigenvalue weighted by Gasteiger charge is 2.23. The molecule has 1 aliphatic rings. The molecule has 0 spiro atoms. The van der Waals surface area contributed by atoms with E-state index in [0.29, 0.717) is 0 Å². The van der Waals surface area contributed by atoms with Crippen molar-refractivity contribution < 1.29 is 4.74 Å². The van der Waals surface area contributed by atoms with Crippen molar-refractivity contribution in [3.63, 3.8) is 0 Å². The first kappa shape index (κ1) is 11.0. The van der Waals surface area contributed by atoms with Crippen LogP contribution in [-0.4, -0.2) is 37.2 Å². The predicted octanol–water partition coefficient (Wildman–Crippen LogP) is 2.14. The summed E-state index contributed by atoms with van der Waals surface area (Å²) >= 11 is 0. The van der Waals surface area contributed by atoms with Gasteiger partial charge in [-0.15, -0.1) is 0 Å². The highest BCUT2D eigenvalue weighted by atomic mass is 16.5. The zero-order chi connectivity index (χ0) is 9.90. The lowest BCUT2D eigenvalue weighted by Crippen LogP contribution is -2.43. The second-order valence-corrected chi connectivity index (χ2v) is 4.92. The van der Waals surface area contributed by atoms with Crippen LogP contribution in [0.4, 0.5) is 0 Å². The van der Waals surface area contributed by atoms with E-state index in [0.717, 1.165) is 12.5 Å². The lowest BCUT2D eigenvalue weighted by atomic mass is 9.98. The summed E-state index contributed by atoms with van der Waals surface area (Å²) in [5.41, 5.74) is 0.0145. The molecule has 1 aliphatic heterocycles. The van der Waals surface area contributed by atoms with E-state index in [9.17, 15) is 0 Å². The SMILES string of the molecule is COC(C)(C)CN1CCC(C)CC1. The summed E-state index contributed by atoms with van der Waals surface area (Å²) < 4.78 is 5.43. The summed E-state index contributed by atoms with van der Waals surface area (Å²) in [6.07, 6.45) is 2.69.